The van der Waals surface area contributed by atoms with Crippen LogP contribution in [-0.2, 0) is 6.54 Å². The molecule has 1 aromatic rings. The highest BCUT2D eigenvalue weighted by Gasteiger charge is 2.34. The minimum atomic E-state index is 0.199. The molecule has 1 aromatic heterocycles. The zero-order chi connectivity index (χ0) is 13.2. The summed E-state index contributed by atoms with van der Waals surface area (Å²) in [5.41, 5.74) is 0.199. The molecule has 1 aliphatic heterocycles. The van der Waals surface area contributed by atoms with Gasteiger partial charge in [-0.2, -0.15) is 4.98 Å². The van der Waals surface area contributed by atoms with E-state index in [9.17, 15) is 0 Å². The van der Waals surface area contributed by atoms with Gasteiger partial charge < -0.3 is 9.84 Å². The van der Waals surface area contributed by atoms with E-state index in [2.05, 4.69) is 41.1 Å². The molecule has 2 rings (SSSR count). The molecule has 0 amide bonds. The molecule has 1 saturated heterocycles. The van der Waals surface area contributed by atoms with Gasteiger partial charge in [0.1, 0.15) is 0 Å². The highest BCUT2D eigenvalue weighted by Crippen LogP contribution is 2.21. The van der Waals surface area contributed by atoms with Crippen LogP contribution in [0.15, 0.2) is 4.52 Å². The van der Waals surface area contributed by atoms with Gasteiger partial charge in [-0.25, -0.2) is 0 Å². The first kappa shape index (κ1) is 13.5. The van der Waals surface area contributed by atoms with Crippen LogP contribution in [0.4, 0.5) is 0 Å². The normalized spacial score (nSPS) is 29.7. The number of nitrogens with zero attached hydrogens (tertiary/aromatic N) is 3. The number of rotatable bonds is 4. The molecule has 2 heterocycles. The Bertz CT molecular complexity index is 392. The first-order chi connectivity index (χ1) is 8.56. The number of aryl methyl sites for hydroxylation is 1. The molecular formula is C13H24N4O. The molecule has 0 aliphatic carbocycles. The van der Waals surface area contributed by atoms with E-state index in [1.54, 1.807) is 0 Å². The van der Waals surface area contributed by atoms with Gasteiger partial charge in [-0.1, -0.05) is 19.0 Å². The number of hydrogen-bond donors (Lipinski definition) is 1. The molecular weight excluding hydrogens is 228 g/mol. The molecule has 2 atom stereocenters. The second kappa shape index (κ2) is 5.36. The Balaban J connectivity index is 2.06. The quantitative estimate of drug-likeness (QED) is 0.884. The van der Waals surface area contributed by atoms with E-state index < -0.39 is 0 Å². The summed E-state index contributed by atoms with van der Waals surface area (Å²) in [7, 11) is 0. The largest absolute Gasteiger partial charge is 0.340 e. The third-order valence-electron chi connectivity index (χ3n) is 4.00. The summed E-state index contributed by atoms with van der Waals surface area (Å²) in [6.45, 7) is 11.4. The fraction of sp³-hybridized carbons (Fsp3) is 0.846. The molecule has 0 saturated carbocycles. The second-order valence-electron chi connectivity index (χ2n) is 5.49. The van der Waals surface area contributed by atoms with Crippen molar-refractivity contribution in [3.8, 4) is 0 Å². The fourth-order valence-corrected chi connectivity index (χ4v) is 2.54. The van der Waals surface area contributed by atoms with E-state index in [4.69, 9.17) is 4.52 Å². The standard InChI is InChI=1S/C13H24N4O/c1-5-11-7-14-13(4,6-2)9-17(11)8-12-15-10(3)18-16-12/h11,14H,5-9H2,1-4H3. The van der Waals surface area contributed by atoms with Gasteiger partial charge in [0.2, 0.25) is 5.89 Å². The van der Waals surface area contributed by atoms with Crippen LogP contribution in [0.3, 0.4) is 0 Å². The van der Waals surface area contributed by atoms with Crippen LogP contribution in [0.25, 0.3) is 0 Å². The Morgan fingerprint density at radius 3 is 2.83 bits per heavy atom. The van der Waals surface area contributed by atoms with E-state index in [1.807, 2.05) is 6.92 Å². The molecule has 18 heavy (non-hydrogen) atoms. The Morgan fingerprint density at radius 1 is 1.50 bits per heavy atom. The van der Waals surface area contributed by atoms with E-state index in [-0.39, 0.29) is 5.54 Å². The van der Waals surface area contributed by atoms with Gasteiger partial charge in [0.05, 0.1) is 6.54 Å². The molecule has 5 heteroatoms. The molecule has 0 spiro atoms. The minimum absolute atomic E-state index is 0.199. The van der Waals surface area contributed by atoms with Crippen molar-refractivity contribution in [3.05, 3.63) is 11.7 Å². The van der Waals surface area contributed by atoms with Crippen molar-refractivity contribution in [1.29, 1.82) is 0 Å². The molecule has 0 radical (unpaired) electrons. The average Bonchev–Trinajstić information content (AvgIpc) is 2.75. The lowest BCUT2D eigenvalue weighted by Crippen LogP contribution is -2.62. The van der Waals surface area contributed by atoms with Gasteiger partial charge in [-0.05, 0) is 19.8 Å². The van der Waals surface area contributed by atoms with Gasteiger partial charge in [0, 0.05) is 31.6 Å². The number of hydrogen-bond acceptors (Lipinski definition) is 5. The first-order valence-corrected chi connectivity index (χ1v) is 6.84. The summed E-state index contributed by atoms with van der Waals surface area (Å²) in [6.07, 6.45) is 2.27. The smallest absolute Gasteiger partial charge is 0.223 e. The van der Waals surface area contributed by atoms with E-state index in [1.165, 1.54) is 0 Å². The highest BCUT2D eigenvalue weighted by molar-refractivity contribution is 4.96. The van der Waals surface area contributed by atoms with Crippen molar-refractivity contribution in [1.82, 2.24) is 20.4 Å². The van der Waals surface area contributed by atoms with Crippen LogP contribution in [-0.4, -0.2) is 39.7 Å². The Kier molecular flexibility index (Phi) is 4.02. The Labute approximate surface area is 109 Å². The maximum Gasteiger partial charge on any atom is 0.223 e. The van der Waals surface area contributed by atoms with Gasteiger partial charge in [-0.15, -0.1) is 0 Å². The minimum Gasteiger partial charge on any atom is -0.340 e. The number of nitrogens with one attached hydrogen (secondary N) is 1. The van der Waals surface area contributed by atoms with Crippen LogP contribution >= 0.6 is 0 Å². The average molecular weight is 252 g/mol. The van der Waals surface area contributed by atoms with E-state index in [0.29, 0.717) is 11.9 Å². The fourth-order valence-electron chi connectivity index (χ4n) is 2.54. The van der Waals surface area contributed by atoms with Gasteiger partial charge in [0.15, 0.2) is 5.82 Å². The van der Waals surface area contributed by atoms with Crippen molar-refractivity contribution in [2.75, 3.05) is 13.1 Å². The van der Waals surface area contributed by atoms with Crippen LogP contribution in [0.5, 0.6) is 0 Å². The van der Waals surface area contributed by atoms with E-state index in [0.717, 1.165) is 38.3 Å². The molecule has 0 bridgehead atoms. The van der Waals surface area contributed by atoms with Crippen molar-refractivity contribution < 1.29 is 4.52 Å². The summed E-state index contributed by atoms with van der Waals surface area (Å²) in [5.74, 6) is 1.44. The summed E-state index contributed by atoms with van der Waals surface area (Å²) >= 11 is 0. The lowest BCUT2D eigenvalue weighted by molar-refractivity contribution is 0.0725. The molecule has 2 unspecified atom stereocenters. The molecule has 5 nitrogen and oxygen atoms in total. The monoisotopic (exact) mass is 252 g/mol. The Morgan fingerprint density at radius 2 is 2.28 bits per heavy atom. The lowest BCUT2D eigenvalue weighted by Gasteiger charge is -2.45. The van der Waals surface area contributed by atoms with Crippen LogP contribution < -0.4 is 5.32 Å². The maximum absolute atomic E-state index is 5.05. The lowest BCUT2D eigenvalue weighted by atomic mass is 9.93. The van der Waals surface area contributed by atoms with Gasteiger partial charge in [-0.3, -0.25) is 4.90 Å². The third kappa shape index (κ3) is 2.90. The van der Waals surface area contributed by atoms with Gasteiger partial charge >= 0.3 is 0 Å². The zero-order valence-electron chi connectivity index (χ0n) is 11.9. The van der Waals surface area contributed by atoms with Crippen molar-refractivity contribution in [2.45, 2.75) is 58.7 Å². The summed E-state index contributed by atoms with van der Waals surface area (Å²) in [6, 6.07) is 0.559. The second-order valence-corrected chi connectivity index (χ2v) is 5.49. The topological polar surface area (TPSA) is 54.2 Å². The van der Waals surface area contributed by atoms with Crippen molar-refractivity contribution in [3.63, 3.8) is 0 Å². The van der Waals surface area contributed by atoms with Crippen LogP contribution in [0.1, 0.15) is 45.3 Å². The van der Waals surface area contributed by atoms with Gasteiger partial charge in [0.25, 0.3) is 0 Å². The van der Waals surface area contributed by atoms with Crippen molar-refractivity contribution >= 4 is 0 Å². The van der Waals surface area contributed by atoms with E-state index >= 15 is 0 Å². The molecule has 1 aliphatic rings. The van der Waals surface area contributed by atoms with Crippen molar-refractivity contribution in [2.24, 2.45) is 0 Å². The predicted octanol–water partition coefficient (Wildman–Crippen LogP) is 1.73. The summed E-state index contributed by atoms with van der Waals surface area (Å²) < 4.78 is 5.05. The molecule has 102 valence electrons. The zero-order valence-corrected chi connectivity index (χ0v) is 11.9. The van der Waals surface area contributed by atoms with Crippen LogP contribution in [0, 0.1) is 6.92 Å². The first-order valence-electron chi connectivity index (χ1n) is 6.84. The summed E-state index contributed by atoms with van der Waals surface area (Å²) in [4.78, 5) is 6.78. The molecule has 1 fully saturated rings. The molecule has 0 aromatic carbocycles. The number of aromatic nitrogens is 2. The third-order valence-corrected chi connectivity index (χ3v) is 4.00. The highest BCUT2D eigenvalue weighted by atomic mass is 16.5. The Hall–Kier alpha value is -0.940. The SMILES string of the molecule is CCC1CNC(C)(CC)CN1Cc1noc(C)n1. The predicted molar refractivity (Wildman–Crippen MR) is 70.2 cm³/mol. The molecule has 1 N–H and O–H groups in total. The number of piperazine rings is 1. The summed E-state index contributed by atoms with van der Waals surface area (Å²) in [5, 5.41) is 7.67. The van der Waals surface area contributed by atoms with Crippen LogP contribution in [0.2, 0.25) is 0 Å². The maximum atomic E-state index is 5.05.